The molecule has 1 atom stereocenters. The van der Waals surface area contributed by atoms with Crippen LogP contribution >= 0.6 is 0 Å². The molecule has 1 unspecified atom stereocenters. The van der Waals surface area contributed by atoms with Gasteiger partial charge in [-0.2, -0.15) is 4.74 Å². The Morgan fingerprint density at radius 2 is 1.95 bits per heavy atom. The van der Waals surface area contributed by atoms with Crippen molar-refractivity contribution in [1.82, 2.24) is 5.32 Å². The Hall–Kier alpha value is -2.36. The molecular formula is C18H22N2O2. The summed E-state index contributed by atoms with van der Waals surface area (Å²) in [7, 11) is 0. The quantitative estimate of drug-likeness (QED) is 0.393. The summed E-state index contributed by atoms with van der Waals surface area (Å²) in [6, 6.07) is 9.04. The molecule has 4 heteroatoms. The van der Waals surface area contributed by atoms with Gasteiger partial charge in [0.25, 0.3) is 0 Å². The number of rotatable bonds is 5. The predicted molar refractivity (Wildman–Crippen MR) is 89.0 cm³/mol. The van der Waals surface area contributed by atoms with Gasteiger partial charge in [0.1, 0.15) is 6.04 Å². The summed E-state index contributed by atoms with van der Waals surface area (Å²) in [5.74, 6) is 0.300. The van der Waals surface area contributed by atoms with Crippen molar-refractivity contribution in [3.63, 3.8) is 0 Å². The van der Waals surface area contributed by atoms with Crippen LogP contribution in [0.3, 0.4) is 0 Å². The molecule has 1 aromatic carbocycles. The Balaban J connectivity index is 2.26. The van der Waals surface area contributed by atoms with Crippen molar-refractivity contribution < 1.29 is 9.53 Å². The number of nitrogens with one attached hydrogen (secondary N) is 1. The lowest BCUT2D eigenvalue weighted by molar-refractivity contribution is -0.364. The molecule has 0 radical (unpaired) electrons. The summed E-state index contributed by atoms with van der Waals surface area (Å²) in [6.07, 6.45) is 5.56. The number of carbonyl (C=O) groups excluding carboxylic acids is 1. The summed E-state index contributed by atoms with van der Waals surface area (Å²) >= 11 is 0. The van der Waals surface area contributed by atoms with Gasteiger partial charge < -0.3 is 10.5 Å². The van der Waals surface area contributed by atoms with Gasteiger partial charge in [0.05, 0.1) is 6.42 Å². The van der Waals surface area contributed by atoms with Gasteiger partial charge in [0.2, 0.25) is 5.69 Å². The van der Waals surface area contributed by atoms with Crippen molar-refractivity contribution in [1.29, 1.82) is 0 Å². The van der Waals surface area contributed by atoms with Crippen LogP contribution in [0.4, 0.5) is 5.69 Å². The first-order chi connectivity index (χ1) is 10.5. The monoisotopic (exact) mass is 298 g/mol. The van der Waals surface area contributed by atoms with Crippen molar-refractivity contribution in [3.8, 4) is 0 Å². The van der Waals surface area contributed by atoms with E-state index in [0.29, 0.717) is 17.8 Å². The third-order valence-electron chi connectivity index (χ3n) is 3.71. The number of ketones is 1. The standard InChI is InChI=1S/C18H22N2O2/c1-13(2)18(19-15-8-7-11-17(21)12-15)14(3)20(22)16-9-5-4-6-10-16/h4-11,13,18-19H,12H2,1-3H3. The summed E-state index contributed by atoms with van der Waals surface area (Å²) in [6.45, 7) is 5.95. The van der Waals surface area contributed by atoms with Crippen LogP contribution in [0.2, 0.25) is 0 Å². The zero-order chi connectivity index (χ0) is 16.1. The normalized spacial score (nSPS) is 17.1. The van der Waals surface area contributed by atoms with E-state index in [0.717, 1.165) is 10.4 Å². The van der Waals surface area contributed by atoms with Gasteiger partial charge in [-0.3, -0.25) is 4.79 Å². The zero-order valence-electron chi connectivity index (χ0n) is 13.2. The topological polar surface area (TPSA) is 55.2 Å². The van der Waals surface area contributed by atoms with Crippen LogP contribution in [0, 0.1) is 11.1 Å². The van der Waals surface area contributed by atoms with Crippen LogP contribution in [0.5, 0.6) is 0 Å². The molecule has 0 amide bonds. The second kappa shape index (κ2) is 7.07. The highest BCUT2D eigenvalue weighted by atomic mass is 16.5. The van der Waals surface area contributed by atoms with E-state index in [4.69, 9.17) is 0 Å². The van der Waals surface area contributed by atoms with E-state index < -0.39 is 0 Å². The molecule has 4 nitrogen and oxygen atoms in total. The number of para-hydroxylation sites is 1. The van der Waals surface area contributed by atoms with Gasteiger partial charge in [0.15, 0.2) is 11.5 Å². The lowest BCUT2D eigenvalue weighted by atomic mass is 9.98. The van der Waals surface area contributed by atoms with Gasteiger partial charge in [-0.25, -0.2) is 0 Å². The Morgan fingerprint density at radius 1 is 1.27 bits per heavy atom. The predicted octanol–water partition coefficient (Wildman–Crippen LogP) is 3.32. The second-order valence-electron chi connectivity index (χ2n) is 5.83. The molecule has 0 saturated heterocycles. The summed E-state index contributed by atoms with van der Waals surface area (Å²) < 4.78 is 0.957. The van der Waals surface area contributed by atoms with E-state index in [1.54, 1.807) is 24.3 Å². The molecule has 116 valence electrons. The van der Waals surface area contributed by atoms with Crippen molar-refractivity contribution in [2.45, 2.75) is 33.2 Å². The first kappa shape index (κ1) is 16.0. The van der Waals surface area contributed by atoms with Crippen molar-refractivity contribution in [2.24, 2.45) is 5.92 Å². The molecule has 0 aromatic heterocycles. The molecule has 0 saturated carbocycles. The van der Waals surface area contributed by atoms with Crippen molar-refractivity contribution in [3.05, 3.63) is 59.5 Å². The average molecular weight is 298 g/mol. The third kappa shape index (κ3) is 3.85. The van der Waals surface area contributed by atoms with E-state index in [-0.39, 0.29) is 17.7 Å². The Labute approximate surface area is 131 Å². The molecule has 1 N–H and O–H groups in total. The second-order valence-corrected chi connectivity index (χ2v) is 5.83. The minimum absolute atomic E-state index is 0.0761. The number of nitrogens with zero attached hydrogens (tertiary/aromatic N) is 1. The molecule has 0 bridgehead atoms. The largest absolute Gasteiger partial charge is 0.618 e. The van der Waals surface area contributed by atoms with Crippen LogP contribution in [0.25, 0.3) is 0 Å². The molecule has 0 fully saturated rings. The molecule has 0 spiro atoms. The summed E-state index contributed by atoms with van der Waals surface area (Å²) in [5, 5.41) is 15.9. The number of hydrogen-bond donors (Lipinski definition) is 1. The van der Waals surface area contributed by atoms with Crippen LogP contribution in [-0.2, 0) is 4.79 Å². The fourth-order valence-electron chi connectivity index (χ4n) is 2.52. The van der Waals surface area contributed by atoms with E-state index >= 15 is 0 Å². The van der Waals surface area contributed by atoms with Gasteiger partial charge >= 0.3 is 0 Å². The van der Waals surface area contributed by atoms with Crippen molar-refractivity contribution in [2.75, 3.05) is 0 Å². The first-order valence-corrected chi connectivity index (χ1v) is 7.51. The third-order valence-corrected chi connectivity index (χ3v) is 3.71. The lowest BCUT2D eigenvalue weighted by Gasteiger charge is -2.25. The fourth-order valence-corrected chi connectivity index (χ4v) is 2.52. The summed E-state index contributed by atoms with van der Waals surface area (Å²) in [4.78, 5) is 11.5. The van der Waals surface area contributed by atoms with Gasteiger partial charge in [-0.1, -0.05) is 38.1 Å². The highest BCUT2D eigenvalue weighted by molar-refractivity contribution is 5.93. The number of hydrogen-bond acceptors (Lipinski definition) is 3. The number of benzene rings is 1. The summed E-state index contributed by atoms with van der Waals surface area (Å²) in [5.41, 5.74) is 2.15. The van der Waals surface area contributed by atoms with Crippen molar-refractivity contribution >= 4 is 17.2 Å². The zero-order valence-corrected chi connectivity index (χ0v) is 13.2. The first-order valence-electron chi connectivity index (χ1n) is 7.51. The molecule has 1 aromatic rings. The van der Waals surface area contributed by atoms with E-state index in [1.165, 1.54) is 0 Å². The minimum atomic E-state index is -0.122. The Bertz CT molecular complexity index is 628. The van der Waals surface area contributed by atoms with Crippen LogP contribution in [0.1, 0.15) is 27.2 Å². The maximum atomic E-state index is 12.5. The molecule has 0 aliphatic heterocycles. The molecule has 22 heavy (non-hydrogen) atoms. The Morgan fingerprint density at radius 3 is 2.55 bits per heavy atom. The highest BCUT2D eigenvalue weighted by Gasteiger charge is 2.24. The lowest BCUT2D eigenvalue weighted by Crippen LogP contribution is -2.42. The number of carbonyl (C=O) groups is 1. The fraction of sp³-hybridized carbons (Fsp3) is 0.333. The average Bonchev–Trinajstić information content (AvgIpc) is 2.52. The van der Waals surface area contributed by atoms with Gasteiger partial charge in [-0.15, -0.1) is 0 Å². The maximum Gasteiger partial charge on any atom is 0.216 e. The van der Waals surface area contributed by atoms with Gasteiger partial charge in [-0.05, 0) is 18.1 Å². The highest BCUT2D eigenvalue weighted by Crippen LogP contribution is 2.15. The van der Waals surface area contributed by atoms with Gasteiger partial charge in [0, 0.05) is 24.8 Å². The smallest absolute Gasteiger partial charge is 0.216 e. The SMILES string of the molecule is CC(C(NC1=CC=CC(=O)C1)C(C)C)=[N+]([O-])c1ccccc1. The minimum Gasteiger partial charge on any atom is -0.618 e. The molecule has 2 rings (SSSR count). The van der Waals surface area contributed by atoms with E-state index in [1.807, 2.05) is 31.2 Å². The van der Waals surface area contributed by atoms with Crippen LogP contribution < -0.4 is 5.32 Å². The van der Waals surface area contributed by atoms with E-state index in [9.17, 15) is 10.0 Å². The van der Waals surface area contributed by atoms with Crippen LogP contribution in [0.15, 0.2) is 54.3 Å². The molecule has 1 aliphatic carbocycles. The van der Waals surface area contributed by atoms with E-state index in [2.05, 4.69) is 19.2 Å². The molecular weight excluding hydrogens is 276 g/mol. The van der Waals surface area contributed by atoms with Crippen LogP contribution in [-0.4, -0.2) is 22.3 Å². The Kier molecular flexibility index (Phi) is 5.15. The molecule has 0 heterocycles. The maximum absolute atomic E-state index is 12.5. The molecule has 1 aliphatic rings. The number of allylic oxidation sites excluding steroid dienone is 4.